The molecule has 0 aliphatic carbocycles. The van der Waals surface area contributed by atoms with E-state index in [1.54, 1.807) is 11.3 Å². The maximum absolute atomic E-state index is 5.84. The van der Waals surface area contributed by atoms with Crippen molar-refractivity contribution in [3.63, 3.8) is 0 Å². The molecule has 5 nitrogen and oxygen atoms in total. The first kappa shape index (κ1) is 14.3. The quantitative estimate of drug-likeness (QED) is 0.430. The summed E-state index contributed by atoms with van der Waals surface area (Å²) in [5, 5.41) is 9.84. The van der Waals surface area contributed by atoms with Crippen LogP contribution in [0.2, 0.25) is 0 Å². The van der Waals surface area contributed by atoms with Crippen LogP contribution in [-0.2, 0) is 17.9 Å². The number of benzene rings is 1. The molecule has 0 amide bonds. The van der Waals surface area contributed by atoms with E-state index in [9.17, 15) is 0 Å². The second-order valence-electron chi connectivity index (χ2n) is 4.68. The SMILES string of the molecule is N/C(Cc1ccccc1)=N\OCc1cc(-c2cccs2)on1. The van der Waals surface area contributed by atoms with E-state index in [1.807, 2.05) is 53.9 Å². The third kappa shape index (κ3) is 3.73. The van der Waals surface area contributed by atoms with Crippen LogP contribution in [0.3, 0.4) is 0 Å². The summed E-state index contributed by atoms with van der Waals surface area (Å²) in [5.41, 5.74) is 7.61. The lowest BCUT2D eigenvalue weighted by atomic mass is 10.1. The van der Waals surface area contributed by atoms with Gasteiger partial charge in [0, 0.05) is 12.5 Å². The van der Waals surface area contributed by atoms with E-state index in [2.05, 4.69) is 10.3 Å². The lowest BCUT2D eigenvalue weighted by molar-refractivity contribution is 0.124. The van der Waals surface area contributed by atoms with Crippen LogP contribution in [0.15, 0.2) is 63.6 Å². The molecule has 0 bridgehead atoms. The topological polar surface area (TPSA) is 73.6 Å². The van der Waals surface area contributed by atoms with Crippen molar-refractivity contribution in [2.24, 2.45) is 10.9 Å². The summed E-state index contributed by atoms with van der Waals surface area (Å²) in [6.45, 7) is 0.227. The van der Waals surface area contributed by atoms with Crippen molar-refractivity contribution < 1.29 is 9.36 Å². The molecule has 2 heterocycles. The summed E-state index contributed by atoms with van der Waals surface area (Å²) in [6, 6.07) is 15.7. The number of nitrogens with two attached hydrogens (primary N) is 1. The van der Waals surface area contributed by atoms with Crippen molar-refractivity contribution in [1.82, 2.24) is 5.16 Å². The maximum Gasteiger partial charge on any atom is 0.177 e. The molecule has 0 aliphatic heterocycles. The Bertz CT molecular complexity index is 736. The molecule has 6 heteroatoms. The van der Waals surface area contributed by atoms with Crippen LogP contribution in [0.5, 0.6) is 0 Å². The molecule has 0 radical (unpaired) electrons. The van der Waals surface area contributed by atoms with Gasteiger partial charge in [-0.3, -0.25) is 0 Å². The van der Waals surface area contributed by atoms with Crippen molar-refractivity contribution in [2.45, 2.75) is 13.0 Å². The van der Waals surface area contributed by atoms with E-state index in [1.165, 1.54) is 0 Å². The Morgan fingerprint density at radius 2 is 2.09 bits per heavy atom. The van der Waals surface area contributed by atoms with Gasteiger partial charge in [0.1, 0.15) is 11.5 Å². The molecular formula is C16H15N3O2S. The first-order valence-corrected chi connectivity index (χ1v) is 7.67. The molecule has 0 saturated heterocycles. The van der Waals surface area contributed by atoms with Crippen LogP contribution in [0, 0.1) is 0 Å². The summed E-state index contributed by atoms with van der Waals surface area (Å²) < 4.78 is 5.26. The monoisotopic (exact) mass is 313 g/mol. The molecule has 2 N–H and O–H groups in total. The smallest absolute Gasteiger partial charge is 0.177 e. The van der Waals surface area contributed by atoms with E-state index < -0.39 is 0 Å². The standard InChI is InChI=1S/C16H15N3O2S/c17-16(9-12-5-2-1-3-6-12)19-20-11-13-10-14(21-18-13)15-7-4-8-22-15/h1-8,10H,9,11H2,(H2,17,19). The highest BCUT2D eigenvalue weighted by Crippen LogP contribution is 2.25. The highest BCUT2D eigenvalue weighted by molar-refractivity contribution is 7.13. The van der Waals surface area contributed by atoms with E-state index in [4.69, 9.17) is 15.1 Å². The normalized spacial score (nSPS) is 11.5. The molecule has 22 heavy (non-hydrogen) atoms. The molecular weight excluding hydrogens is 298 g/mol. The molecule has 0 unspecified atom stereocenters. The molecule has 0 fully saturated rings. The number of aromatic nitrogens is 1. The van der Waals surface area contributed by atoms with Gasteiger partial charge in [-0.15, -0.1) is 11.3 Å². The predicted octanol–water partition coefficient (Wildman–Crippen LogP) is 3.43. The van der Waals surface area contributed by atoms with Crippen LogP contribution >= 0.6 is 11.3 Å². The van der Waals surface area contributed by atoms with Gasteiger partial charge in [0.05, 0.1) is 4.88 Å². The number of thiophene rings is 1. The fourth-order valence-corrected chi connectivity index (χ4v) is 2.61. The summed E-state index contributed by atoms with van der Waals surface area (Å²) >= 11 is 1.60. The molecule has 0 spiro atoms. The van der Waals surface area contributed by atoms with Crippen LogP contribution in [0.4, 0.5) is 0 Å². The number of nitrogens with zero attached hydrogens (tertiary/aromatic N) is 2. The Hall–Kier alpha value is -2.60. The molecule has 2 aromatic heterocycles. The van der Waals surface area contributed by atoms with Gasteiger partial charge in [0.25, 0.3) is 0 Å². The Labute approximate surface area is 132 Å². The lowest BCUT2D eigenvalue weighted by Gasteiger charge is -2.01. The molecule has 0 atom stereocenters. The second kappa shape index (κ2) is 6.91. The molecule has 0 saturated carbocycles. The van der Waals surface area contributed by atoms with E-state index >= 15 is 0 Å². The Morgan fingerprint density at radius 3 is 2.86 bits per heavy atom. The van der Waals surface area contributed by atoms with Gasteiger partial charge < -0.3 is 15.1 Å². The van der Waals surface area contributed by atoms with Crippen LogP contribution < -0.4 is 5.73 Å². The number of oxime groups is 1. The number of hydrogen-bond donors (Lipinski definition) is 1. The first-order chi connectivity index (χ1) is 10.8. The minimum absolute atomic E-state index is 0.227. The van der Waals surface area contributed by atoms with Gasteiger partial charge in [-0.25, -0.2) is 0 Å². The third-order valence-electron chi connectivity index (χ3n) is 2.95. The summed E-state index contributed by atoms with van der Waals surface area (Å²) in [5.74, 6) is 1.16. The van der Waals surface area contributed by atoms with E-state index in [0.717, 1.165) is 16.2 Å². The van der Waals surface area contributed by atoms with Gasteiger partial charge in [-0.2, -0.15) is 0 Å². The zero-order chi connectivity index (χ0) is 15.2. The van der Waals surface area contributed by atoms with Crippen molar-refractivity contribution in [3.05, 3.63) is 65.2 Å². The predicted molar refractivity (Wildman–Crippen MR) is 86.4 cm³/mol. The zero-order valence-corrected chi connectivity index (χ0v) is 12.6. The zero-order valence-electron chi connectivity index (χ0n) is 11.8. The lowest BCUT2D eigenvalue weighted by Crippen LogP contribution is -2.15. The molecule has 3 aromatic rings. The molecule has 3 rings (SSSR count). The van der Waals surface area contributed by atoms with Crippen LogP contribution in [0.25, 0.3) is 10.6 Å². The van der Waals surface area contributed by atoms with Crippen LogP contribution in [-0.4, -0.2) is 11.0 Å². The fourth-order valence-electron chi connectivity index (χ4n) is 1.93. The largest absolute Gasteiger partial charge is 0.388 e. The van der Waals surface area contributed by atoms with E-state index in [-0.39, 0.29) is 6.61 Å². The van der Waals surface area contributed by atoms with Gasteiger partial charge >= 0.3 is 0 Å². The second-order valence-corrected chi connectivity index (χ2v) is 5.63. The minimum atomic E-state index is 0.227. The third-order valence-corrected chi connectivity index (χ3v) is 3.83. The van der Waals surface area contributed by atoms with Gasteiger partial charge in [-0.1, -0.05) is 46.7 Å². The van der Waals surface area contributed by atoms with Crippen molar-refractivity contribution >= 4 is 17.2 Å². The average Bonchev–Trinajstić information content (AvgIpc) is 3.19. The fraction of sp³-hybridized carbons (Fsp3) is 0.125. The Kier molecular flexibility index (Phi) is 4.50. The molecule has 1 aromatic carbocycles. The average molecular weight is 313 g/mol. The minimum Gasteiger partial charge on any atom is -0.388 e. The Balaban J connectivity index is 1.53. The summed E-state index contributed by atoms with van der Waals surface area (Å²) in [4.78, 5) is 6.26. The molecule has 0 aliphatic rings. The number of hydrogen-bond acceptors (Lipinski definition) is 5. The van der Waals surface area contributed by atoms with Crippen molar-refractivity contribution in [1.29, 1.82) is 0 Å². The van der Waals surface area contributed by atoms with Gasteiger partial charge in [0.15, 0.2) is 12.4 Å². The Morgan fingerprint density at radius 1 is 1.23 bits per heavy atom. The van der Waals surface area contributed by atoms with Gasteiger partial charge in [0.2, 0.25) is 0 Å². The number of rotatable bonds is 6. The maximum atomic E-state index is 5.84. The van der Waals surface area contributed by atoms with Crippen molar-refractivity contribution in [3.8, 4) is 10.6 Å². The first-order valence-electron chi connectivity index (χ1n) is 6.79. The summed E-state index contributed by atoms with van der Waals surface area (Å²) in [7, 11) is 0. The molecule has 112 valence electrons. The summed E-state index contributed by atoms with van der Waals surface area (Å²) in [6.07, 6.45) is 0.556. The van der Waals surface area contributed by atoms with Crippen LogP contribution in [0.1, 0.15) is 11.3 Å². The highest BCUT2D eigenvalue weighted by atomic mass is 32.1. The van der Waals surface area contributed by atoms with Gasteiger partial charge in [-0.05, 0) is 17.0 Å². The van der Waals surface area contributed by atoms with E-state index in [0.29, 0.717) is 18.0 Å². The number of amidine groups is 1. The highest BCUT2D eigenvalue weighted by Gasteiger charge is 2.07. The van der Waals surface area contributed by atoms with Crippen molar-refractivity contribution in [2.75, 3.05) is 0 Å².